The Kier molecular flexibility index (Phi) is 4.29. The molecule has 0 saturated heterocycles. The van der Waals surface area contributed by atoms with Crippen LogP contribution in [0, 0.1) is 0 Å². The summed E-state index contributed by atoms with van der Waals surface area (Å²) in [4.78, 5) is 18.3. The quantitative estimate of drug-likeness (QED) is 0.596. The molecule has 2 heterocycles. The van der Waals surface area contributed by atoms with Gasteiger partial charge >= 0.3 is 0 Å². The molecule has 1 aromatic carbocycles. The fourth-order valence-corrected chi connectivity index (χ4v) is 3.30. The minimum atomic E-state index is -0.173. The Hall–Kier alpha value is -2.39. The minimum Gasteiger partial charge on any atom is -0.347 e. The van der Waals surface area contributed by atoms with Crippen molar-refractivity contribution in [2.75, 3.05) is 11.9 Å². The Morgan fingerprint density at radius 1 is 1.25 bits per heavy atom. The predicted octanol–water partition coefficient (Wildman–Crippen LogP) is 4.79. The first kappa shape index (κ1) is 16.5. The van der Waals surface area contributed by atoms with Crippen molar-refractivity contribution in [3.05, 3.63) is 82.8 Å². The minimum absolute atomic E-state index is 0.105. The van der Waals surface area contributed by atoms with Crippen LogP contribution in [0.15, 0.2) is 66.5 Å². The molecule has 0 N–H and O–H groups in total. The Labute approximate surface area is 147 Å². The van der Waals surface area contributed by atoms with Gasteiger partial charge in [0.15, 0.2) is 0 Å². The molecule has 0 atom stereocenters. The van der Waals surface area contributed by atoms with Crippen LogP contribution < -0.4 is 4.90 Å². The second-order valence-electron chi connectivity index (χ2n) is 6.34. The third-order valence-electron chi connectivity index (χ3n) is 4.41. The lowest BCUT2D eigenvalue weighted by molar-refractivity contribution is 0.104. The van der Waals surface area contributed by atoms with Crippen molar-refractivity contribution < 1.29 is 4.79 Å². The molecule has 3 rings (SSSR count). The molecule has 1 aliphatic rings. The van der Waals surface area contributed by atoms with Crippen LogP contribution in [0.4, 0.5) is 5.69 Å². The molecule has 24 heavy (non-hydrogen) atoms. The summed E-state index contributed by atoms with van der Waals surface area (Å²) >= 11 is 6.16. The van der Waals surface area contributed by atoms with Crippen LogP contribution in [0.5, 0.6) is 0 Å². The topological polar surface area (TPSA) is 33.2 Å². The lowest BCUT2D eigenvalue weighted by Crippen LogP contribution is -2.22. The van der Waals surface area contributed by atoms with Crippen LogP contribution >= 0.6 is 11.6 Å². The van der Waals surface area contributed by atoms with Crippen molar-refractivity contribution in [3.63, 3.8) is 0 Å². The fourth-order valence-electron chi connectivity index (χ4n) is 3.13. The summed E-state index contributed by atoms with van der Waals surface area (Å²) < 4.78 is 0. The normalized spacial score (nSPS) is 17.5. The highest BCUT2D eigenvalue weighted by molar-refractivity contribution is 6.30. The average Bonchev–Trinajstić information content (AvgIpc) is 2.76. The molecule has 1 aromatic heterocycles. The van der Waals surface area contributed by atoms with Crippen LogP contribution in [0.1, 0.15) is 29.9 Å². The molecule has 0 bridgehead atoms. The van der Waals surface area contributed by atoms with E-state index in [0.29, 0.717) is 5.69 Å². The number of rotatable bonds is 3. The van der Waals surface area contributed by atoms with E-state index >= 15 is 0 Å². The number of benzene rings is 1. The van der Waals surface area contributed by atoms with Gasteiger partial charge in [0.05, 0.1) is 0 Å². The first-order chi connectivity index (χ1) is 11.4. The molecule has 0 saturated carbocycles. The number of nitrogens with zero attached hydrogens (tertiary/aromatic N) is 2. The number of carbonyl (C=O) groups excluding carboxylic acids is 1. The largest absolute Gasteiger partial charge is 0.347 e. The number of halogens is 1. The molecular formula is C20H19ClN2O. The third-order valence-corrected chi connectivity index (χ3v) is 4.65. The van der Waals surface area contributed by atoms with E-state index in [2.05, 4.69) is 23.7 Å². The van der Waals surface area contributed by atoms with Gasteiger partial charge in [0.25, 0.3) is 0 Å². The van der Waals surface area contributed by atoms with Gasteiger partial charge in [0.1, 0.15) is 5.69 Å². The highest BCUT2D eigenvalue weighted by atomic mass is 35.5. The molecule has 3 nitrogen and oxygen atoms in total. The van der Waals surface area contributed by atoms with Crippen LogP contribution in [-0.4, -0.2) is 17.8 Å². The molecule has 0 fully saturated rings. The van der Waals surface area contributed by atoms with Gasteiger partial charge in [-0.05, 0) is 48.0 Å². The van der Waals surface area contributed by atoms with E-state index in [1.54, 1.807) is 36.5 Å². The summed E-state index contributed by atoms with van der Waals surface area (Å²) in [5.41, 5.74) is 3.72. The maximum absolute atomic E-state index is 12.1. The van der Waals surface area contributed by atoms with E-state index in [4.69, 9.17) is 11.6 Å². The zero-order valence-corrected chi connectivity index (χ0v) is 14.7. The summed E-state index contributed by atoms with van der Waals surface area (Å²) in [7, 11) is 2.03. The third kappa shape index (κ3) is 2.87. The van der Waals surface area contributed by atoms with Crippen LogP contribution in [0.2, 0.25) is 5.02 Å². The molecule has 0 spiro atoms. The summed E-state index contributed by atoms with van der Waals surface area (Å²) in [6, 6.07) is 11.3. The maximum Gasteiger partial charge on any atom is 0.204 e. The lowest BCUT2D eigenvalue weighted by atomic mass is 9.84. The Morgan fingerprint density at radius 2 is 2.04 bits per heavy atom. The van der Waals surface area contributed by atoms with Crippen molar-refractivity contribution >= 4 is 23.1 Å². The molecule has 4 heteroatoms. The second-order valence-corrected chi connectivity index (χ2v) is 6.77. The van der Waals surface area contributed by atoms with Gasteiger partial charge in [-0.2, -0.15) is 0 Å². The van der Waals surface area contributed by atoms with Crippen LogP contribution in [-0.2, 0) is 5.41 Å². The molecule has 0 amide bonds. The van der Waals surface area contributed by atoms with Crippen molar-refractivity contribution in [2.24, 2.45) is 0 Å². The van der Waals surface area contributed by atoms with Crippen LogP contribution in [0.3, 0.4) is 0 Å². The Morgan fingerprint density at radius 3 is 2.75 bits per heavy atom. The average molecular weight is 339 g/mol. The maximum atomic E-state index is 12.1. The molecular weight excluding hydrogens is 320 g/mol. The van der Waals surface area contributed by atoms with E-state index in [9.17, 15) is 4.79 Å². The zero-order chi connectivity index (χ0) is 17.3. The van der Waals surface area contributed by atoms with Gasteiger partial charge < -0.3 is 4.90 Å². The fraction of sp³-hybridized carbons (Fsp3) is 0.200. The first-order valence-electron chi connectivity index (χ1n) is 7.79. The molecule has 2 aromatic rings. The number of aromatic nitrogens is 1. The summed E-state index contributed by atoms with van der Waals surface area (Å²) in [6.07, 6.45) is 6.94. The van der Waals surface area contributed by atoms with Crippen molar-refractivity contribution in [2.45, 2.75) is 19.3 Å². The molecule has 122 valence electrons. The van der Waals surface area contributed by atoms with E-state index in [-0.39, 0.29) is 11.2 Å². The van der Waals surface area contributed by atoms with Crippen molar-refractivity contribution in [1.29, 1.82) is 0 Å². The number of allylic oxidation sites excluding steroid dienone is 4. The number of hydrogen-bond acceptors (Lipinski definition) is 3. The number of hydrogen-bond donors (Lipinski definition) is 0. The number of anilines is 1. The SMILES string of the molecule is CN1/C(=C\C=C\C(=O)c2ccccn2)C(C)(C)c2cc(Cl)ccc21. The predicted molar refractivity (Wildman–Crippen MR) is 98.7 cm³/mol. The van der Waals surface area contributed by atoms with Gasteiger partial charge in [-0.3, -0.25) is 9.78 Å². The highest BCUT2D eigenvalue weighted by Gasteiger charge is 2.38. The van der Waals surface area contributed by atoms with Gasteiger partial charge in [-0.25, -0.2) is 0 Å². The van der Waals surface area contributed by atoms with E-state index in [0.717, 1.165) is 16.4 Å². The van der Waals surface area contributed by atoms with Gasteiger partial charge in [0.2, 0.25) is 5.78 Å². The number of ketones is 1. The molecule has 0 unspecified atom stereocenters. The number of likely N-dealkylation sites (N-methyl/N-ethyl adjacent to an activating group) is 1. The van der Waals surface area contributed by atoms with Gasteiger partial charge in [-0.1, -0.05) is 37.6 Å². The number of carbonyl (C=O) groups is 1. The smallest absolute Gasteiger partial charge is 0.204 e. The number of fused-ring (bicyclic) bond motifs is 1. The summed E-state index contributed by atoms with van der Waals surface area (Å²) in [5, 5.41) is 0.734. The lowest BCUT2D eigenvalue weighted by Gasteiger charge is -2.23. The number of pyridine rings is 1. The standard InChI is InChI=1S/C20H19ClN2O/c1-20(2)15-13-14(21)10-11-17(15)23(3)19(20)9-6-8-18(24)16-7-4-5-12-22-16/h4-13H,1-3H3/b8-6+,19-9-. The monoisotopic (exact) mass is 338 g/mol. The summed E-state index contributed by atoms with van der Waals surface area (Å²) in [5.74, 6) is -0.105. The molecule has 1 aliphatic heterocycles. The second kappa shape index (κ2) is 6.25. The molecule has 0 aliphatic carbocycles. The van der Waals surface area contributed by atoms with E-state index in [1.165, 1.54) is 5.56 Å². The first-order valence-corrected chi connectivity index (χ1v) is 8.17. The molecule has 0 radical (unpaired) electrons. The van der Waals surface area contributed by atoms with Gasteiger partial charge in [0, 0.05) is 35.1 Å². The van der Waals surface area contributed by atoms with E-state index < -0.39 is 0 Å². The highest BCUT2D eigenvalue weighted by Crippen LogP contribution is 2.47. The van der Waals surface area contributed by atoms with Crippen molar-refractivity contribution in [3.8, 4) is 0 Å². The Balaban J connectivity index is 1.88. The Bertz CT molecular complexity index is 838. The summed E-state index contributed by atoms with van der Waals surface area (Å²) in [6.45, 7) is 4.32. The van der Waals surface area contributed by atoms with Crippen molar-refractivity contribution in [1.82, 2.24) is 4.98 Å². The zero-order valence-electron chi connectivity index (χ0n) is 14.0. The van der Waals surface area contributed by atoms with E-state index in [1.807, 2.05) is 31.3 Å². The van der Waals surface area contributed by atoms with Crippen LogP contribution in [0.25, 0.3) is 0 Å². The van der Waals surface area contributed by atoms with Gasteiger partial charge in [-0.15, -0.1) is 0 Å².